The van der Waals surface area contributed by atoms with Crippen molar-refractivity contribution in [3.8, 4) is 5.75 Å². The van der Waals surface area contributed by atoms with Crippen LogP contribution in [0, 0.1) is 0 Å². The number of hydrogen-bond acceptors (Lipinski definition) is 3. The van der Waals surface area contributed by atoms with E-state index in [1.807, 2.05) is 12.1 Å². The van der Waals surface area contributed by atoms with Gasteiger partial charge in [0.05, 0.1) is 13.2 Å². The molecule has 0 heterocycles. The fourth-order valence-electron chi connectivity index (χ4n) is 2.73. The van der Waals surface area contributed by atoms with Crippen LogP contribution in [0.2, 0.25) is 0 Å². The van der Waals surface area contributed by atoms with Crippen molar-refractivity contribution in [1.82, 2.24) is 0 Å². The van der Waals surface area contributed by atoms with E-state index in [4.69, 9.17) is 9.47 Å². The number of benzene rings is 2. The van der Waals surface area contributed by atoms with Crippen molar-refractivity contribution in [2.45, 2.75) is 12.8 Å². The van der Waals surface area contributed by atoms with Crippen molar-refractivity contribution in [3.05, 3.63) is 77.9 Å². The Bertz CT molecular complexity index is 760. The first kappa shape index (κ1) is 16.1. The Hall–Kier alpha value is -2.81. The summed E-state index contributed by atoms with van der Waals surface area (Å²) in [4.78, 5) is 10.9. The molecule has 0 aromatic heterocycles. The van der Waals surface area contributed by atoms with Gasteiger partial charge in [-0.1, -0.05) is 49.1 Å². The van der Waals surface area contributed by atoms with E-state index in [1.165, 1.54) is 28.3 Å². The molecular weight excluding hydrogens is 300 g/mol. The highest BCUT2D eigenvalue weighted by molar-refractivity contribution is 5.88. The summed E-state index contributed by atoms with van der Waals surface area (Å²) in [5.74, 6) is 0.457. The molecule has 0 aliphatic heterocycles. The lowest BCUT2D eigenvalue weighted by Crippen LogP contribution is -2.06. The summed E-state index contributed by atoms with van der Waals surface area (Å²) >= 11 is 0. The van der Waals surface area contributed by atoms with Crippen LogP contribution < -0.4 is 4.74 Å². The molecular formula is C21H20O3. The fourth-order valence-corrected chi connectivity index (χ4v) is 2.73. The molecule has 0 fully saturated rings. The zero-order chi connectivity index (χ0) is 16.8. The van der Waals surface area contributed by atoms with Crippen LogP contribution in [0.4, 0.5) is 0 Å². The van der Waals surface area contributed by atoms with E-state index < -0.39 is 5.97 Å². The van der Waals surface area contributed by atoms with E-state index in [-0.39, 0.29) is 0 Å². The average Bonchev–Trinajstić information content (AvgIpc) is 3.05. The van der Waals surface area contributed by atoms with Crippen LogP contribution in [0.5, 0.6) is 5.75 Å². The van der Waals surface area contributed by atoms with Gasteiger partial charge in [-0.05, 0) is 40.8 Å². The van der Waals surface area contributed by atoms with Crippen LogP contribution in [0.25, 0.3) is 11.6 Å². The lowest BCUT2D eigenvalue weighted by molar-refractivity contribution is -0.137. The first-order valence-corrected chi connectivity index (χ1v) is 8.07. The summed E-state index contributed by atoms with van der Waals surface area (Å²) in [6.45, 7) is 4.22. The smallest absolute Gasteiger partial charge is 0.330 e. The summed E-state index contributed by atoms with van der Waals surface area (Å²) in [5, 5.41) is 0. The predicted molar refractivity (Wildman–Crippen MR) is 95.7 cm³/mol. The van der Waals surface area contributed by atoms with E-state index in [9.17, 15) is 4.79 Å². The van der Waals surface area contributed by atoms with Crippen molar-refractivity contribution < 1.29 is 14.3 Å². The molecule has 0 radical (unpaired) electrons. The maximum absolute atomic E-state index is 10.9. The maximum atomic E-state index is 10.9. The van der Waals surface area contributed by atoms with Gasteiger partial charge in [-0.2, -0.15) is 0 Å². The second-order valence-corrected chi connectivity index (χ2v) is 5.65. The normalized spacial score (nSPS) is 12.2. The van der Waals surface area contributed by atoms with Gasteiger partial charge in [-0.15, -0.1) is 0 Å². The van der Waals surface area contributed by atoms with Crippen molar-refractivity contribution >= 4 is 17.6 Å². The number of carbonyl (C=O) groups is 1. The van der Waals surface area contributed by atoms with Crippen LogP contribution >= 0.6 is 0 Å². The van der Waals surface area contributed by atoms with Crippen LogP contribution in [0.3, 0.4) is 0 Å². The monoisotopic (exact) mass is 320 g/mol. The first-order valence-electron chi connectivity index (χ1n) is 8.07. The molecule has 0 atom stereocenters. The van der Waals surface area contributed by atoms with Gasteiger partial charge in [-0.3, -0.25) is 0 Å². The number of esters is 1. The number of rotatable bonds is 7. The van der Waals surface area contributed by atoms with Crippen molar-refractivity contribution in [2.24, 2.45) is 0 Å². The van der Waals surface area contributed by atoms with Gasteiger partial charge in [0.15, 0.2) is 0 Å². The summed E-state index contributed by atoms with van der Waals surface area (Å²) in [7, 11) is 0. The molecule has 122 valence electrons. The number of hydrogen-bond donors (Lipinski definition) is 0. The van der Waals surface area contributed by atoms with Gasteiger partial charge in [0.1, 0.15) is 5.75 Å². The van der Waals surface area contributed by atoms with E-state index in [2.05, 4.69) is 49.1 Å². The highest BCUT2D eigenvalue weighted by Crippen LogP contribution is 2.33. The summed E-state index contributed by atoms with van der Waals surface area (Å²) in [6.07, 6.45) is 4.99. The Morgan fingerprint density at radius 3 is 2.75 bits per heavy atom. The van der Waals surface area contributed by atoms with Crippen LogP contribution in [-0.4, -0.2) is 19.2 Å². The number of ether oxygens (including phenoxy) is 2. The Balaban J connectivity index is 1.53. The zero-order valence-electron chi connectivity index (χ0n) is 13.5. The highest BCUT2D eigenvalue weighted by Gasteiger charge is 2.14. The zero-order valence-corrected chi connectivity index (χ0v) is 13.5. The molecule has 0 saturated heterocycles. The van der Waals surface area contributed by atoms with E-state index in [1.54, 1.807) is 0 Å². The lowest BCUT2D eigenvalue weighted by atomic mass is 10.0. The Labute approximate surface area is 142 Å². The third-order valence-corrected chi connectivity index (χ3v) is 3.94. The van der Waals surface area contributed by atoms with Gasteiger partial charge in [0.25, 0.3) is 0 Å². The van der Waals surface area contributed by atoms with Crippen molar-refractivity contribution in [1.29, 1.82) is 0 Å². The third-order valence-electron chi connectivity index (χ3n) is 3.94. The molecule has 2 aromatic carbocycles. The minimum absolute atomic E-state index is 0.343. The van der Waals surface area contributed by atoms with E-state index in [0.717, 1.165) is 12.2 Å². The molecule has 24 heavy (non-hydrogen) atoms. The van der Waals surface area contributed by atoms with Crippen LogP contribution in [0.15, 0.2) is 61.2 Å². The molecule has 2 aromatic rings. The van der Waals surface area contributed by atoms with E-state index >= 15 is 0 Å². The molecule has 1 aliphatic rings. The minimum atomic E-state index is -0.396. The van der Waals surface area contributed by atoms with Gasteiger partial charge in [0.2, 0.25) is 0 Å². The number of carbonyl (C=O) groups excluding carboxylic acids is 1. The Morgan fingerprint density at radius 2 is 1.96 bits per heavy atom. The minimum Gasteiger partial charge on any atom is -0.493 e. The molecule has 0 amide bonds. The van der Waals surface area contributed by atoms with Gasteiger partial charge in [0, 0.05) is 12.5 Å². The summed E-state index contributed by atoms with van der Waals surface area (Å²) in [6, 6.07) is 16.6. The third kappa shape index (κ3) is 3.93. The fraction of sp³-hybridized carbons (Fsp3) is 0.190. The largest absolute Gasteiger partial charge is 0.493 e. The first-order chi connectivity index (χ1) is 11.8. The molecule has 0 N–H and O–H groups in total. The van der Waals surface area contributed by atoms with Crippen molar-refractivity contribution in [3.63, 3.8) is 0 Å². The summed E-state index contributed by atoms with van der Waals surface area (Å²) < 4.78 is 10.7. The second-order valence-electron chi connectivity index (χ2n) is 5.65. The number of allylic oxidation sites excluding steroid dienone is 1. The molecule has 0 unspecified atom stereocenters. The van der Waals surface area contributed by atoms with Gasteiger partial charge >= 0.3 is 5.97 Å². The second kappa shape index (κ2) is 7.64. The molecule has 3 rings (SSSR count). The molecule has 0 spiro atoms. The van der Waals surface area contributed by atoms with Gasteiger partial charge < -0.3 is 9.47 Å². The van der Waals surface area contributed by atoms with Crippen LogP contribution in [-0.2, 0) is 16.0 Å². The molecule has 3 heteroatoms. The predicted octanol–water partition coefficient (Wildman–Crippen LogP) is 4.28. The molecule has 0 bridgehead atoms. The summed E-state index contributed by atoms with van der Waals surface area (Å²) in [5.41, 5.74) is 5.13. The average molecular weight is 320 g/mol. The standard InChI is InChI=1S/C21H20O3/c1-2-21(22)24-12-6-11-23-20-10-9-17-13-18(14-19(17)15-20)16-7-4-3-5-8-16/h2-5,7-10,13,15H,1,6,11-12,14H2. The quantitative estimate of drug-likeness (QED) is 0.434. The lowest BCUT2D eigenvalue weighted by Gasteiger charge is -2.08. The number of fused-ring (bicyclic) bond motifs is 1. The van der Waals surface area contributed by atoms with Crippen molar-refractivity contribution in [2.75, 3.05) is 13.2 Å². The Kier molecular flexibility index (Phi) is 5.12. The van der Waals surface area contributed by atoms with E-state index in [0.29, 0.717) is 19.6 Å². The van der Waals surface area contributed by atoms with Crippen LogP contribution in [0.1, 0.15) is 23.1 Å². The molecule has 3 nitrogen and oxygen atoms in total. The Morgan fingerprint density at radius 1 is 1.12 bits per heavy atom. The topological polar surface area (TPSA) is 35.5 Å². The van der Waals surface area contributed by atoms with Gasteiger partial charge in [-0.25, -0.2) is 4.79 Å². The molecule has 0 saturated carbocycles. The molecule has 1 aliphatic carbocycles. The highest BCUT2D eigenvalue weighted by atomic mass is 16.5. The maximum Gasteiger partial charge on any atom is 0.330 e. The SMILES string of the molecule is C=CC(=O)OCCCOc1ccc2c(c1)CC(c1ccccc1)=C2.